The Kier molecular flexibility index (Phi) is 28.0. The summed E-state index contributed by atoms with van der Waals surface area (Å²) in [6.45, 7) is 5.97. The Hall–Kier alpha value is 0.986. The second kappa shape index (κ2) is 17.2. The van der Waals surface area contributed by atoms with Gasteiger partial charge in [-0.2, -0.15) is 6.42 Å². The number of hydrogen-bond donors (Lipinski definition) is 0. The molecule has 0 saturated carbocycles. The molecule has 0 nitrogen and oxygen atoms in total. The maximum Gasteiger partial charge on any atom is 2.00 e. The third kappa shape index (κ3) is 18.2. The molecule has 0 saturated heterocycles. The van der Waals surface area contributed by atoms with Crippen molar-refractivity contribution in [3.63, 3.8) is 0 Å². The molecule has 0 atom stereocenters. The van der Waals surface area contributed by atoms with Gasteiger partial charge >= 0.3 is 23.1 Å². The van der Waals surface area contributed by atoms with Crippen LogP contribution in [0.15, 0.2) is 12.2 Å². The van der Waals surface area contributed by atoms with Gasteiger partial charge in [0.05, 0.1) is 0 Å². The van der Waals surface area contributed by atoms with Crippen molar-refractivity contribution in [3.05, 3.63) is 19.1 Å². The van der Waals surface area contributed by atoms with E-state index >= 15 is 0 Å². The van der Waals surface area contributed by atoms with Gasteiger partial charge in [0.25, 0.3) is 0 Å². The molecule has 0 heterocycles. The van der Waals surface area contributed by atoms with Crippen LogP contribution < -0.4 is 17.0 Å². The Balaban J connectivity index is -0.000000320. The molecule has 0 spiro atoms. The molecular formula is C9H17BrMg. The second-order valence-corrected chi connectivity index (χ2v) is 2.26. The summed E-state index contributed by atoms with van der Waals surface area (Å²) >= 11 is 0. The monoisotopic (exact) mass is 228 g/mol. The van der Waals surface area contributed by atoms with Crippen molar-refractivity contribution in [1.82, 2.24) is 0 Å². The summed E-state index contributed by atoms with van der Waals surface area (Å²) in [4.78, 5) is 0. The number of rotatable bonds is 5. The van der Waals surface area contributed by atoms with E-state index in [1.54, 1.807) is 0 Å². The molecular weight excluding hydrogens is 212 g/mol. The van der Waals surface area contributed by atoms with Crippen LogP contribution in [0.1, 0.15) is 39.0 Å². The largest absolute Gasteiger partial charge is 2.00 e. The topological polar surface area (TPSA) is 0 Å². The van der Waals surface area contributed by atoms with Crippen LogP contribution in [0.25, 0.3) is 0 Å². The van der Waals surface area contributed by atoms with E-state index in [4.69, 9.17) is 0 Å². The Morgan fingerprint density at radius 1 is 1.18 bits per heavy atom. The van der Waals surface area contributed by atoms with E-state index in [2.05, 4.69) is 26.0 Å². The number of hydrogen-bond acceptors (Lipinski definition) is 0. The zero-order chi connectivity index (χ0) is 6.95. The van der Waals surface area contributed by atoms with Crippen molar-refractivity contribution in [2.75, 3.05) is 0 Å². The van der Waals surface area contributed by atoms with E-state index in [1.165, 1.54) is 25.7 Å². The molecule has 0 bridgehead atoms. The van der Waals surface area contributed by atoms with Gasteiger partial charge in [0.2, 0.25) is 0 Å². The smallest absolute Gasteiger partial charge is 1.00 e. The van der Waals surface area contributed by atoms with Crippen LogP contribution in [0.3, 0.4) is 0 Å². The first-order valence-corrected chi connectivity index (χ1v) is 3.86. The van der Waals surface area contributed by atoms with Crippen molar-refractivity contribution in [1.29, 1.82) is 0 Å². The molecule has 62 valence electrons. The van der Waals surface area contributed by atoms with Gasteiger partial charge < -0.3 is 23.9 Å². The quantitative estimate of drug-likeness (QED) is 0.269. The summed E-state index contributed by atoms with van der Waals surface area (Å²) in [6, 6.07) is 0. The number of halogens is 1. The zero-order valence-electron chi connectivity index (χ0n) is 7.48. The fraction of sp³-hybridized carbons (Fsp3) is 0.667. The van der Waals surface area contributed by atoms with Gasteiger partial charge in [-0.15, -0.1) is 0 Å². The van der Waals surface area contributed by atoms with Crippen molar-refractivity contribution in [2.24, 2.45) is 0 Å². The summed E-state index contributed by atoms with van der Waals surface area (Å²) in [6.07, 6.45) is 10.5. The summed E-state index contributed by atoms with van der Waals surface area (Å²) in [5.74, 6) is 0. The molecule has 11 heavy (non-hydrogen) atoms. The van der Waals surface area contributed by atoms with E-state index < -0.39 is 0 Å². The molecule has 0 rings (SSSR count). The minimum Gasteiger partial charge on any atom is -1.00 e. The zero-order valence-corrected chi connectivity index (χ0v) is 10.5. The third-order valence-corrected chi connectivity index (χ3v) is 1.24. The van der Waals surface area contributed by atoms with E-state index in [-0.39, 0.29) is 40.0 Å². The summed E-state index contributed by atoms with van der Waals surface area (Å²) < 4.78 is 0. The van der Waals surface area contributed by atoms with Crippen LogP contribution in [0, 0.1) is 6.92 Å². The fourth-order valence-electron chi connectivity index (χ4n) is 0.665. The van der Waals surface area contributed by atoms with E-state index in [1.807, 2.05) is 0 Å². The average Bonchev–Trinajstić information content (AvgIpc) is 1.89. The molecule has 0 unspecified atom stereocenters. The Morgan fingerprint density at radius 2 is 1.73 bits per heavy atom. The van der Waals surface area contributed by atoms with Crippen LogP contribution in [-0.2, 0) is 0 Å². The molecule has 0 N–H and O–H groups in total. The van der Waals surface area contributed by atoms with Crippen molar-refractivity contribution >= 4 is 23.1 Å². The molecule has 0 radical (unpaired) electrons. The van der Waals surface area contributed by atoms with E-state index in [0.29, 0.717) is 0 Å². The van der Waals surface area contributed by atoms with Crippen LogP contribution in [0.2, 0.25) is 0 Å². The van der Waals surface area contributed by atoms with Gasteiger partial charge in [-0.05, 0) is 12.8 Å². The molecule has 0 aliphatic carbocycles. The first-order valence-electron chi connectivity index (χ1n) is 3.86. The molecule has 0 aliphatic rings. The summed E-state index contributed by atoms with van der Waals surface area (Å²) in [5.41, 5.74) is 0. The maximum absolute atomic E-state index is 3.77. The van der Waals surface area contributed by atoms with E-state index in [9.17, 15) is 0 Å². The maximum atomic E-state index is 3.77. The Bertz CT molecular complexity index is 72.0. The Labute approximate surface area is 97.8 Å². The van der Waals surface area contributed by atoms with Crippen molar-refractivity contribution in [3.8, 4) is 0 Å². The first kappa shape index (κ1) is 17.9. The predicted octanol–water partition coefficient (Wildman–Crippen LogP) is -0.0297. The number of allylic oxidation sites excluding steroid dienone is 2. The predicted molar refractivity (Wildman–Crippen MR) is 49.0 cm³/mol. The van der Waals surface area contributed by atoms with Crippen LogP contribution in [-0.4, -0.2) is 23.1 Å². The van der Waals surface area contributed by atoms with Gasteiger partial charge in [-0.3, -0.25) is 0 Å². The minimum atomic E-state index is 0. The molecule has 0 aromatic rings. The standard InChI is InChI=1S/C9H17.BrH.Mg/c1-3-5-7-9-8-6-4-2;;/h8-9H,1,3-7H2,2H3;1H;/q-1;;+2/p-1/b9-8-;;. The average molecular weight is 229 g/mol. The molecule has 0 aromatic carbocycles. The molecule has 2 heteroatoms. The summed E-state index contributed by atoms with van der Waals surface area (Å²) in [7, 11) is 0. The molecule has 0 fully saturated rings. The van der Waals surface area contributed by atoms with Gasteiger partial charge in [0.1, 0.15) is 0 Å². The van der Waals surface area contributed by atoms with Gasteiger partial charge in [0, 0.05) is 0 Å². The molecule has 0 aromatic heterocycles. The minimum absolute atomic E-state index is 0. The Morgan fingerprint density at radius 3 is 2.18 bits per heavy atom. The number of unbranched alkanes of at least 4 members (excludes halogenated alkanes) is 3. The normalized spacial score (nSPS) is 8.91. The summed E-state index contributed by atoms with van der Waals surface area (Å²) in [5, 5.41) is 0. The molecule has 0 aliphatic heterocycles. The third-order valence-electron chi connectivity index (χ3n) is 1.24. The SMILES string of the molecule is [Br-].[CH2-]CCC/C=C\CCC.[Mg+2]. The van der Waals surface area contributed by atoms with Gasteiger partial charge in [-0.25, -0.2) is 0 Å². The van der Waals surface area contributed by atoms with Crippen LogP contribution in [0.4, 0.5) is 0 Å². The van der Waals surface area contributed by atoms with Crippen molar-refractivity contribution in [2.45, 2.75) is 39.0 Å². The van der Waals surface area contributed by atoms with Crippen molar-refractivity contribution < 1.29 is 17.0 Å². The molecule has 0 amide bonds. The second-order valence-electron chi connectivity index (χ2n) is 2.26. The first-order chi connectivity index (χ1) is 4.41. The van der Waals surface area contributed by atoms with Crippen LogP contribution >= 0.6 is 0 Å². The van der Waals surface area contributed by atoms with Crippen LogP contribution in [0.5, 0.6) is 0 Å². The van der Waals surface area contributed by atoms with Gasteiger partial charge in [0.15, 0.2) is 0 Å². The van der Waals surface area contributed by atoms with Gasteiger partial charge in [-0.1, -0.05) is 31.9 Å². The van der Waals surface area contributed by atoms with E-state index in [0.717, 1.165) is 6.42 Å². The fourth-order valence-corrected chi connectivity index (χ4v) is 0.665.